The number of thioether (sulfide) groups is 1. The molecule has 0 aliphatic heterocycles. The van der Waals surface area contributed by atoms with Gasteiger partial charge in [0.25, 0.3) is 0 Å². The molecular formula is C13H15ClFN3S. The number of fused-ring (bicyclic) bond motifs is 1. The van der Waals surface area contributed by atoms with Crippen LogP contribution in [0, 0.1) is 5.82 Å². The Morgan fingerprint density at radius 1 is 1.47 bits per heavy atom. The molecule has 1 aromatic heterocycles. The molecule has 0 amide bonds. The number of rotatable bonds is 2. The number of anilines is 1. The van der Waals surface area contributed by atoms with E-state index in [2.05, 4.69) is 11.2 Å². The van der Waals surface area contributed by atoms with Crippen LogP contribution in [-0.4, -0.2) is 21.1 Å². The molecule has 0 saturated heterocycles. The molecule has 1 fully saturated rings. The van der Waals surface area contributed by atoms with E-state index in [9.17, 15) is 4.39 Å². The Bertz CT molecular complexity index is 628. The fourth-order valence-corrected chi connectivity index (χ4v) is 3.80. The van der Waals surface area contributed by atoms with Crippen molar-refractivity contribution in [2.75, 3.05) is 12.0 Å². The van der Waals surface area contributed by atoms with Gasteiger partial charge in [-0.05, 0) is 31.6 Å². The van der Waals surface area contributed by atoms with Crippen LogP contribution in [0.4, 0.5) is 10.3 Å². The summed E-state index contributed by atoms with van der Waals surface area (Å²) >= 11 is 7.76. The van der Waals surface area contributed by atoms with Crippen LogP contribution in [0.1, 0.15) is 25.3 Å². The maximum Gasteiger partial charge on any atom is 0.201 e. The number of nitrogen functional groups attached to an aromatic ring is 1. The average molecular weight is 300 g/mol. The van der Waals surface area contributed by atoms with Crippen LogP contribution in [-0.2, 0) is 0 Å². The topological polar surface area (TPSA) is 43.8 Å². The Morgan fingerprint density at radius 3 is 2.95 bits per heavy atom. The van der Waals surface area contributed by atoms with E-state index in [1.807, 2.05) is 16.3 Å². The number of imidazole rings is 1. The lowest BCUT2D eigenvalue weighted by atomic mass is 10.2. The highest BCUT2D eigenvalue weighted by Crippen LogP contribution is 2.39. The molecule has 0 bridgehead atoms. The number of benzene rings is 1. The van der Waals surface area contributed by atoms with Gasteiger partial charge >= 0.3 is 0 Å². The molecule has 6 heteroatoms. The first kappa shape index (κ1) is 13.1. The average Bonchev–Trinajstić information content (AvgIpc) is 2.94. The second kappa shape index (κ2) is 4.87. The zero-order valence-electron chi connectivity index (χ0n) is 10.6. The molecule has 1 saturated carbocycles. The summed E-state index contributed by atoms with van der Waals surface area (Å²) in [5.74, 6) is -0.00403. The van der Waals surface area contributed by atoms with Gasteiger partial charge < -0.3 is 10.3 Å². The maximum atomic E-state index is 13.5. The highest BCUT2D eigenvalue weighted by atomic mass is 35.5. The molecule has 2 unspecified atom stereocenters. The van der Waals surface area contributed by atoms with Crippen LogP contribution >= 0.6 is 23.4 Å². The third kappa shape index (κ3) is 2.19. The summed E-state index contributed by atoms with van der Waals surface area (Å²) in [5.41, 5.74) is 7.40. The van der Waals surface area contributed by atoms with Gasteiger partial charge in [-0.2, -0.15) is 11.8 Å². The third-order valence-corrected chi connectivity index (χ3v) is 5.20. The first-order chi connectivity index (χ1) is 9.10. The zero-order chi connectivity index (χ0) is 13.6. The molecule has 3 nitrogen and oxygen atoms in total. The predicted molar refractivity (Wildman–Crippen MR) is 79.3 cm³/mol. The zero-order valence-corrected chi connectivity index (χ0v) is 12.1. The Morgan fingerprint density at radius 2 is 2.26 bits per heavy atom. The first-order valence-electron chi connectivity index (χ1n) is 6.25. The van der Waals surface area contributed by atoms with Gasteiger partial charge in [0.2, 0.25) is 5.95 Å². The van der Waals surface area contributed by atoms with Crippen molar-refractivity contribution in [2.45, 2.75) is 30.6 Å². The summed E-state index contributed by atoms with van der Waals surface area (Å²) in [6.07, 6.45) is 5.47. The molecule has 2 aromatic rings. The van der Waals surface area contributed by atoms with E-state index in [0.717, 1.165) is 18.4 Å². The Kier molecular flexibility index (Phi) is 3.35. The van der Waals surface area contributed by atoms with Gasteiger partial charge in [0.1, 0.15) is 5.82 Å². The van der Waals surface area contributed by atoms with Crippen molar-refractivity contribution >= 4 is 40.3 Å². The highest BCUT2D eigenvalue weighted by Gasteiger charge is 2.28. The summed E-state index contributed by atoms with van der Waals surface area (Å²) in [5, 5.41) is 0.783. The number of nitrogens with zero attached hydrogens (tertiary/aromatic N) is 2. The lowest BCUT2D eigenvalue weighted by molar-refractivity contribution is 0.540. The van der Waals surface area contributed by atoms with Crippen molar-refractivity contribution < 1.29 is 4.39 Å². The van der Waals surface area contributed by atoms with Gasteiger partial charge in [0.15, 0.2) is 0 Å². The molecule has 0 spiro atoms. The molecule has 102 valence electrons. The maximum absolute atomic E-state index is 13.5. The van der Waals surface area contributed by atoms with Gasteiger partial charge in [-0.1, -0.05) is 11.6 Å². The van der Waals surface area contributed by atoms with E-state index < -0.39 is 5.82 Å². The van der Waals surface area contributed by atoms with Crippen LogP contribution in [0.25, 0.3) is 11.0 Å². The monoisotopic (exact) mass is 299 g/mol. The van der Waals surface area contributed by atoms with Crippen LogP contribution in [0.5, 0.6) is 0 Å². The smallest absolute Gasteiger partial charge is 0.201 e. The molecule has 1 aliphatic carbocycles. The summed E-state index contributed by atoms with van der Waals surface area (Å²) in [6, 6.07) is 3.32. The van der Waals surface area contributed by atoms with Crippen molar-refractivity contribution in [3.8, 4) is 0 Å². The lowest BCUT2D eigenvalue weighted by Gasteiger charge is -2.15. The first-order valence-corrected chi connectivity index (χ1v) is 7.92. The minimum Gasteiger partial charge on any atom is -0.369 e. The quantitative estimate of drug-likeness (QED) is 0.915. The molecule has 1 aliphatic rings. The molecule has 19 heavy (non-hydrogen) atoms. The van der Waals surface area contributed by atoms with Gasteiger partial charge in [-0.15, -0.1) is 0 Å². The van der Waals surface area contributed by atoms with Crippen molar-refractivity contribution in [1.29, 1.82) is 0 Å². The molecule has 1 heterocycles. The fourth-order valence-electron chi connectivity index (χ4n) is 2.86. The van der Waals surface area contributed by atoms with Crippen LogP contribution < -0.4 is 5.73 Å². The largest absolute Gasteiger partial charge is 0.369 e. The van der Waals surface area contributed by atoms with E-state index in [-0.39, 0.29) is 5.02 Å². The Hall–Kier alpha value is -0.940. The number of hydrogen-bond donors (Lipinski definition) is 1. The molecule has 0 radical (unpaired) electrons. The minimum absolute atomic E-state index is 0.119. The fraction of sp³-hybridized carbons (Fsp3) is 0.462. The van der Waals surface area contributed by atoms with E-state index in [1.165, 1.54) is 12.5 Å². The van der Waals surface area contributed by atoms with Crippen LogP contribution in [0.15, 0.2) is 12.1 Å². The van der Waals surface area contributed by atoms with E-state index in [0.29, 0.717) is 22.8 Å². The van der Waals surface area contributed by atoms with Gasteiger partial charge in [0, 0.05) is 17.4 Å². The van der Waals surface area contributed by atoms with Gasteiger partial charge in [-0.25, -0.2) is 9.37 Å². The summed E-state index contributed by atoms with van der Waals surface area (Å²) < 4.78 is 15.5. The molecular weight excluding hydrogens is 285 g/mol. The summed E-state index contributed by atoms with van der Waals surface area (Å²) in [6.45, 7) is 0. The van der Waals surface area contributed by atoms with Crippen molar-refractivity contribution in [3.05, 3.63) is 23.0 Å². The van der Waals surface area contributed by atoms with Crippen molar-refractivity contribution in [2.24, 2.45) is 0 Å². The highest BCUT2D eigenvalue weighted by molar-refractivity contribution is 7.99. The summed E-state index contributed by atoms with van der Waals surface area (Å²) in [4.78, 5) is 4.25. The van der Waals surface area contributed by atoms with Crippen molar-refractivity contribution in [1.82, 2.24) is 9.55 Å². The molecule has 2 N–H and O–H groups in total. The van der Waals surface area contributed by atoms with E-state index in [1.54, 1.807) is 6.07 Å². The number of aromatic nitrogens is 2. The molecule has 3 rings (SSSR count). The second-order valence-corrected chi connectivity index (χ2v) is 6.46. The van der Waals surface area contributed by atoms with Crippen LogP contribution in [0.3, 0.4) is 0 Å². The van der Waals surface area contributed by atoms with Gasteiger partial charge in [-0.3, -0.25) is 0 Å². The third-order valence-electron chi connectivity index (χ3n) is 3.81. The lowest BCUT2D eigenvalue weighted by Crippen LogP contribution is -2.09. The SMILES string of the molecule is CSC1CCC(n2c(N)nc3cc(F)c(Cl)cc32)C1. The predicted octanol–water partition coefficient (Wildman–Crippen LogP) is 3.87. The van der Waals surface area contributed by atoms with Crippen LogP contribution in [0.2, 0.25) is 5.02 Å². The second-order valence-electron chi connectivity index (χ2n) is 4.92. The summed E-state index contributed by atoms with van der Waals surface area (Å²) in [7, 11) is 0. The number of nitrogens with two attached hydrogens (primary N) is 1. The normalized spacial score (nSPS) is 23.3. The van der Waals surface area contributed by atoms with E-state index >= 15 is 0 Å². The minimum atomic E-state index is -0.452. The van der Waals surface area contributed by atoms with Gasteiger partial charge in [0.05, 0.1) is 16.1 Å². The molecule has 1 aromatic carbocycles. The Balaban J connectivity index is 2.08. The van der Waals surface area contributed by atoms with Crippen molar-refractivity contribution in [3.63, 3.8) is 0 Å². The van der Waals surface area contributed by atoms with E-state index in [4.69, 9.17) is 17.3 Å². The Labute approximate surface area is 120 Å². The standard InChI is InChI=1S/C13H15ClFN3S/c1-19-8-3-2-7(4-8)18-12-5-9(14)10(15)6-11(12)17-13(18)16/h5-8H,2-4H2,1H3,(H2,16,17). The number of hydrogen-bond acceptors (Lipinski definition) is 3. The number of halogens is 2. The molecule has 2 atom stereocenters.